The number of nitrogens with two attached hydrogens (primary N) is 1. The molecular weight excluding hydrogens is 172 g/mol. The van der Waals surface area contributed by atoms with Crippen LogP contribution < -0.4 is 5.73 Å². The van der Waals surface area contributed by atoms with Gasteiger partial charge in [0, 0.05) is 5.39 Å². The van der Waals surface area contributed by atoms with E-state index in [0.717, 1.165) is 22.5 Å². The lowest BCUT2D eigenvalue weighted by molar-refractivity contribution is 1.14. The molecule has 1 aliphatic carbocycles. The van der Waals surface area contributed by atoms with Crippen molar-refractivity contribution in [3.8, 4) is 0 Å². The molecule has 1 aliphatic rings. The molecule has 0 saturated heterocycles. The van der Waals surface area contributed by atoms with E-state index in [4.69, 9.17) is 5.73 Å². The molecule has 14 heavy (non-hydrogen) atoms. The van der Waals surface area contributed by atoms with E-state index < -0.39 is 0 Å². The van der Waals surface area contributed by atoms with Crippen LogP contribution in [0.5, 0.6) is 0 Å². The normalized spacial score (nSPS) is 16.0. The molecule has 1 heterocycles. The fourth-order valence-electron chi connectivity index (χ4n) is 1.84. The first-order chi connectivity index (χ1) is 6.83. The third-order valence-corrected chi connectivity index (χ3v) is 2.78. The van der Waals surface area contributed by atoms with Crippen molar-refractivity contribution in [3.05, 3.63) is 36.0 Å². The zero-order chi connectivity index (χ0) is 9.54. The van der Waals surface area contributed by atoms with Gasteiger partial charge in [-0.1, -0.05) is 6.07 Å². The van der Waals surface area contributed by atoms with Crippen LogP contribution in [0.2, 0.25) is 0 Å². The van der Waals surface area contributed by atoms with Crippen LogP contribution in [-0.4, -0.2) is 4.98 Å². The smallest absolute Gasteiger partial charge is 0.0703 e. The van der Waals surface area contributed by atoms with Crippen molar-refractivity contribution in [2.24, 2.45) is 0 Å². The summed E-state index contributed by atoms with van der Waals surface area (Å²) in [6.07, 6.45) is 4.38. The topological polar surface area (TPSA) is 38.9 Å². The number of pyridine rings is 1. The van der Waals surface area contributed by atoms with E-state index in [1.807, 2.05) is 6.07 Å². The Hall–Kier alpha value is -1.57. The number of rotatable bonds is 1. The van der Waals surface area contributed by atoms with Crippen molar-refractivity contribution in [1.29, 1.82) is 0 Å². The zero-order valence-corrected chi connectivity index (χ0v) is 7.90. The minimum Gasteiger partial charge on any atom is -0.397 e. The van der Waals surface area contributed by atoms with Crippen molar-refractivity contribution < 1.29 is 0 Å². The van der Waals surface area contributed by atoms with Gasteiger partial charge in [-0.3, -0.25) is 4.98 Å². The second-order valence-electron chi connectivity index (χ2n) is 4.00. The van der Waals surface area contributed by atoms with Crippen molar-refractivity contribution in [1.82, 2.24) is 4.98 Å². The predicted molar refractivity (Wildman–Crippen MR) is 58.1 cm³/mol. The second-order valence-corrected chi connectivity index (χ2v) is 4.00. The van der Waals surface area contributed by atoms with Gasteiger partial charge in [-0.2, -0.15) is 0 Å². The Balaban J connectivity index is 2.20. The van der Waals surface area contributed by atoms with Gasteiger partial charge in [-0.25, -0.2) is 0 Å². The monoisotopic (exact) mass is 184 g/mol. The highest BCUT2D eigenvalue weighted by molar-refractivity contribution is 5.82. The molecule has 0 atom stereocenters. The molecule has 0 aliphatic heterocycles. The van der Waals surface area contributed by atoms with Gasteiger partial charge in [0.05, 0.1) is 17.4 Å². The number of nitrogens with zero attached hydrogens (tertiary/aromatic N) is 1. The molecular formula is C12H12N2. The van der Waals surface area contributed by atoms with Crippen LogP contribution in [0.25, 0.3) is 10.9 Å². The molecule has 1 saturated carbocycles. The van der Waals surface area contributed by atoms with Gasteiger partial charge in [-0.05, 0) is 42.5 Å². The number of benzene rings is 1. The Bertz CT molecular complexity index is 487. The lowest BCUT2D eigenvalue weighted by atomic mass is 10.1. The summed E-state index contributed by atoms with van der Waals surface area (Å²) in [5.74, 6) is 0.792. The third kappa shape index (κ3) is 1.23. The maximum atomic E-state index is 5.70. The summed E-state index contributed by atoms with van der Waals surface area (Å²) >= 11 is 0. The van der Waals surface area contributed by atoms with Crippen LogP contribution in [0.1, 0.15) is 24.3 Å². The minimum absolute atomic E-state index is 0.741. The van der Waals surface area contributed by atoms with Crippen LogP contribution >= 0.6 is 0 Å². The quantitative estimate of drug-likeness (QED) is 0.740. The maximum Gasteiger partial charge on any atom is 0.0703 e. The van der Waals surface area contributed by atoms with Crippen LogP contribution in [0, 0.1) is 0 Å². The van der Waals surface area contributed by atoms with E-state index in [9.17, 15) is 0 Å². The lowest BCUT2D eigenvalue weighted by Gasteiger charge is -2.02. The molecule has 1 aromatic carbocycles. The molecule has 0 bridgehead atoms. The van der Waals surface area contributed by atoms with E-state index in [1.165, 1.54) is 18.4 Å². The minimum atomic E-state index is 0.741. The van der Waals surface area contributed by atoms with Gasteiger partial charge in [0.2, 0.25) is 0 Å². The fraction of sp³-hybridized carbons (Fsp3) is 0.250. The summed E-state index contributed by atoms with van der Waals surface area (Å²) in [6, 6.07) is 8.48. The van der Waals surface area contributed by atoms with Crippen LogP contribution in [-0.2, 0) is 0 Å². The molecule has 2 heteroatoms. The molecule has 0 unspecified atom stereocenters. The molecule has 70 valence electrons. The second kappa shape index (κ2) is 2.71. The Morgan fingerprint density at radius 2 is 2.07 bits per heavy atom. The van der Waals surface area contributed by atoms with E-state index in [0.29, 0.717) is 0 Å². The summed E-state index contributed by atoms with van der Waals surface area (Å²) < 4.78 is 0. The summed E-state index contributed by atoms with van der Waals surface area (Å²) in [5.41, 5.74) is 8.91. The molecule has 2 nitrogen and oxygen atoms in total. The van der Waals surface area contributed by atoms with E-state index in [-0.39, 0.29) is 0 Å². The first-order valence-corrected chi connectivity index (χ1v) is 4.98. The lowest BCUT2D eigenvalue weighted by Crippen LogP contribution is -1.88. The molecule has 3 rings (SSSR count). The van der Waals surface area contributed by atoms with Gasteiger partial charge in [0.1, 0.15) is 0 Å². The van der Waals surface area contributed by atoms with Crippen molar-refractivity contribution in [3.63, 3.8) is 0 Å². The van der Waals surface area contributed by atoms with Gasteiger partial charge >= 0.3 is 0 Å². The number of nitrogen functional groups attached to an aromatic ring is 1. The highest BCUT2D eigenvalue weighted by Crippen LogP contribution is 2.40. The first-order valence-electron chi connectivity index (χ1n) is 4.98. The Kier molecular flexibility index (Phi) is 1.51. The van der Waals surface area contributed by atoms with Crippen LogP contribution in [0.4, 0.5) is 5.69 Å². The van der Waals surface area contributed by atoms with Gasteiger partial charge in [-0.15, -0.1) is 0 Å². The first kappa shape index (κ1) is 7.80. The Labute approximate surface area is 82.8 Å². The zero-order valence-electron chi connectivity index (χ0n) is 7.90. The van der Waals surface area contributed by atoms with Gasteiger partial charge in [0.15, 0.2) is 0 Å². The fourth-order valence-corrected chi connectivity index (χ4v) is 1.84. The van der Waals surface area contributed by atoms with E-state index >= 15 is 0 Å². The van der Waals surface area contributed by atoms with Crippen molar-refractivity contribution >= 4 is 16.6 Å². The number of hydrogen-bond donors (Lipinski definition) is 1. The predicted octanol–water partition coefficient (Wildman–Crippen LogP) is 2.69. The Morgan fingerprint density at radius 1 is 1.21 bits per heavy atom. The summed E-state index contributed by atoms with van der Waals surface area (Å²) in [5, 5.41) is 1.16. The molecule has 2 aromatic rings. The van der Waals surface area contributed by atoms with Gasteiger partial charge < -0.3 is 5.73 Å². The molecule has 1 aromatic heterocycles. The number of hydrogen-bond acceptors (Lipinski definition) is 2. The Morgan fingerprint density at radius 3 is 2.86 bits per heavy atom. The number of fused-ring (bicyclic) bond motifs is 1. The largest absolute Gasteiger partial charge is 0.397 e. The number of aromatic nitrogens is 1. The van der Waals surface area contributed by atoms with E-state index in [2.05, 4.69) is 23.2 Å². The van der Waals surface area contributed by atoms with Crippen LogP contribution in [0.3, 0.4) is 0 Å². The molecule has 0 amide bonds. The summed E-state index contributed by atoms with van der Waals surface area (Å²) in [4.78, 5) is 4.28. The number of anilines is 1. The highest BCUT2D eigenvalue weighted by Gasteiger charge is 2.23. The summed E-state index contributed by atoms with van der Waals surface area (Å²) in [7, 11) is 0. The molecule has 1 fully saturated rings. The van der Waals surface area contributed by atoms with Crippen molar-refractivity contribution in [2.75, 3.05) is 5.73 Å². The van der Waals surface area contributed by atoms with Gasteiger partial charge in [0.25, 0.3) is 0 Å². The average molecular weight is 184 g/mol. The SMILES string of the molecule is Nc1cnc2ccc(C3CC3)cc2c1. The average Bonchev–Trinajstić information content (AvgIpc) is 3.00. The maximum absolute atomic E-state index is 5.70. The molecule has 0 spiro atoms. The summed E-state index contributed by atoms with van der Waals surface area (Å²) in [6.45, 7) is 0. The van der Waals surface area contributed by atoms with Crippen molar-refractivity contribution in [2.45, 2.75) is 18.8 Å². The highest BCUT2D eigenvalue weighted by atomic mass is 14.7. The molecule has 2 N–H and O–H groups in total. The van der Waals surface area contributed by atoms with E-state index in [1.54, 1.807) is 6.20 Å². The standard InChI is InChI=1S/C12H12N2/c13-11-6-10-5-9(8-1-2-8)3-4-12(10)14-7-11/h3-8H,1-2,13H2. The molecule has 0 radical (unpaired) electrons. The van der Waals surface area contributed by atoms with Crippen LogP contribution in [0.15, 0.2) is 30.5 Å². The third-order valence-electron chi connectivity index (χ3n) is 2.78.